The minimum Gasteiger partial charge on any atom is -0.392 e. The number of nitrogens with zero attached hydrogens (tertiary/aromatic N) is 1. The zero-order valence-corrected chi connectivity index (χ0v) is 11.1. The Balaban J connectivity index is 2.39. The Bertz CT molecular complexity index is 479. The number of amides is 1. The van der Waals surface area contributed by atoms with Gasteiger partial charge in [-0.1, -0.05) is 12.8 Å². The van der Waals surface area contributed by atoms with Gasteiger partial charge in [-0.3, -0.25) is 4.79 Å². The molecule has 4 nitrogen and oxygen atoms in total. The number of anilines is 1. The first-order valence-electron chi connectivity index (χ1n) is 6.66. The lowest BCUT2D eigenvalue weighted by Gasteiger charge is -2.30. The summed E-state index contributed by atoms with van der Waals surface area (Å²) in [4.78, 5) is 12.6. The van der Waals surface area contributed by atoms with Gasteiger partial charge in [-0.15, -0.1) is 0 Å². The van der Waals surface area contributed by atoms with E-state index in [-0.39, 0.29) is 23.8 Å². The SMILES string of the molecule is NC(=O)CN(c1c(F)cc(CO)cc1F)C1CCCC1. The third-order valence-corrected chi connectivity index (χ3v) is 3.64. The Morgan fingerprint density at radius 2 is 1.85 bits per heavy atom. The van der Waals surface area contributed by atoms with Crippen LogP contribution >= 0.6 is 0 Å². The number of primary amides is 1. The van der Waals surface area contributed by atoms with Crippen molar-refractivity contribution in [3.05, 3.63) is 29.3 Å². The maximum Gasteiger partial charge on any atom is 0.236 e. The Labute approximate surface area is 116 Å². The molecule has 0 spiro atoms. The fourth-order valence-corrected chi connectivity index (χ4v) is 2.76. The average molecular weight is 284 g/mol. The van der Waals surface area contributed by atoms with E-state index >= 15 is 0 Å². The number of carbonyl (C=O) groups excluding carboxylic acids is 1. The largest absolute Gasteiger partial charge is 0.392 e. The standard InChI is InChI=1S/C14H18F2N2O2/c15-11-5-9(8-19)6-12(16)14(11)18(7-13(17)20)10-3-1-2-4-10/h5-6,10,19H,1-4,7-8H2,(H2,17,20). The molecular formula is C14H18F2N2O2. The van der Waals surface area contributed by atoms with Gasteiger partial charge in [0.1, 0.15) is 17.3 Å². The number of hydrogen-bond acceptors (Lipinski definition) is 3. The van der Waals surface area contributed by atoms with Crippen LogP contribution in [0.4, 0.5) is 14.5 Å². The maximum atomic E-state index is 14.1. The quantitative estimate of drug-likeness (QED) is 0.864. The molecule has 1 saturated carbocycles. The van der Waals surface area contributed by atoms with E-state index in [4.69, 9.17) is 10.8 Å². The molecule has 2 rings (SSSR count). The Morgan fingerprint density at radius 1 is 1.30 bits per heavy atom. The molecule has 0 bridgehead atoms. The van der Waals surface area contributed by atoms with Gasteiger partial charge in [0, 0.05) is 6.04 Å². The number of nitrogens with two attached hydrogens (primary N) is 1. The van der Waals surface area contributed by atoms with Crippen molar-refractivity contribution in [3.63, 3.8) is 0 Å². The topological polar surface area (TPSA) is 66.6 Å². The van der Waals surface area contributed by atoms with Crippen LogP contribution in [0.3, 0.4) is 0 Å². The number of aliphatic hydroxyl groups is 1. The number of aliphatic hydroxyl groups excluding tert-OH is 1. The van der Waals surface area contributed by atoms with Gasteiger partial charge in [-0.2, -0.15) is 0 Å². The van der Waals surface area contributed by atoms with Crippen molar-refractivity contribution < 1.29 is 18.7 Å². The first kappa shape index (κ1) is 14.7. The van der Waals surface area contributed by atoms with Gasteiger partial charge in [0.05, 0.1) is 13.2 Å². The second-order valence-corrected chi connectivity index (χ2v) is 5.10. The molecule has 0 atom stereocenters. The third kappa shape index (κ3) is 3.07. The number of rotatable bonds is 5. The summed E-state index contributed by atoms with van der Waals surface area (Å²) in [6, 6.07) is 2.09. The third-order valence-electron chi connectivity index (χ3n) is 3.64. The first-order valence-corrected chi connectivity index (χ1v) is 6.66. The molecule has 0 heterocycles. The lowest BCUT2D eigenvalue weighted by Crippen LogP contribution is -2.41. The van der Waals surface area contributed by atoms with E-state index in [1.165, 1.54) is 4.90 Å². The molecule has 0 saturated heterocycles. The summed E-state index contributed by atoms with van der Waals surface area (Å²) in [6.07, 6.45) is 3.51. The van der Waals surface area contributed by atoms with Crippen molar-refractivity contribution in [3.8, 4) is 0 Å². The highest BCUT2D eigenvalue weighted by molar-refractivity contribution is 5.80. The number of carbonyl (C=O) groups is 1. The van der Waals surface area contributed by atoms with E-state index in [0.29, 0.717) is 0 Å². The summed E-state index contributed by atoms with van der Waals surface area (Å²) in [7, 11) is 0. The van der Waals surface area contributed by atoms with Crippen LogP contribution < -0.4 is 10.6 Å². The van der Waals surface area contributed by atoms with Crippen LogP contribution in [0.25, 0.3) is 0 Å². The monoisotopic (exact) mass is 284 g/mol. The van der Waals surface area contributed by atoms with Gasteiger partial charge in [0.2, 0.25) is 5.91 Å². The number of hydrogen-bond donors (Lipinski definition) is 2. The molecule has 0 aliphatic heterocycles. The fourth-order valence-electron chi connectivity index (χ4n) is 2.76. The molecular weight excluding hydrogens is 266 g/mol. The predicted octanol–water partition coefficient (Wildman–Crippen LogP) is 1.69. The van der Waals surface area contributed by atoms with E-state index in [0.717, 1.165) is 37.8 Å². The Morgan fingerprint density at radius 3 is 2.30 bits per heavy atom. The molecule has 6 heteroatoms. The maximum absolute atomic E-state index is 14.1. The van der Waals surface area contributed by atoms with E-state index in [1.54, 1.807) is 0 Å². The van der Waals surface area contributed by atoms with E-state index in [1.807, 2.05) is 0 Å². The summed E-state index contributed by atoms with van der Waals surface area (Å²) in [5, 5.41) is 8.95. The lowest BCUT2D eigenvalue weighted by molar-refractivity contribution is -0.116. The molecule has 0 unspecified atom stereocenters. The molecule has 1 aliphatic carbocycles. The predicted molar refractivity (Wildman–Crippen MR) is 71.1 cm³/mol. The van der Waals surface area contributed by atoms with Crippen LogP contribution in [0.2, 0.25) is 0 Å². The highest BCUT2D eigenvalue weighted by Gasteiger charge is 2.28. The van der Waals surface area contributed by atoms with Gasteiger partial charge >= 0.3 is 0 Å². The minimum atomic E-state index is -0.776. The summed E-state index contributed by atoms with van der Waals surface area (Å²) in [5.74, 6) is -2.17. The first-order chi connectivity index (χ1) is 9.52. The van der Waals surface area contributed by atoms with Crippen LogP contribution in [0.5, 0.6) is 0 Å². The van der Waals surface area contributed by atoms with Gasteiger partial charge in [0.15, 0.2) is 0 Å². The van der Waals surface area contributed by atoms with Crippen LogP contribution in [-0.2, 0) is 11.4 Å². The highest BCUT2D eigenvalue weighted by atomic mass is 19.1. The van der Waals surface area contributed by atoms with Crippen LogP contribution in [0.15, 0.2) is 12.1 Å². The highest BCUT2D eigenvalue weighted by Crippen LogP contribution is 2.32. The van der Waals surface area contributed by atoms with Crippen LogP contribution in [-0.4, -0.2) is 23.6 Å². The second kappa shape index (κ2) is 6.17. The van der Waals surface area contributed by atoms with E-state index in [9.17, 15) is 13.6 Å². The molecule has 1 amide bonds. The number of benzene rings is 1. The Kier molecular flexibility index (Phi) is 4.54. The molecule has 20 heavy (non-hydrogen) atoms. The second-order valence-electron chi connectivity index (χ2n) is 5.10. The van der Waals surface area contributed by atoms with Gasteiger partial charge in [0.25, 0.3) is 0 Å². The van der Waals surface area contributed by atoms with Crippen molar-refractivity contribution in [1.29, 1.82) is 0 Å². The molecule has 0 aromatic heterocycles. The molecule has 1 aromatic rings. The normalized spacial score (nSPS) is 15.6. The minimum absolute atomic E-state index is 0.0773. The van der Waals surface area contributed by atoms with Crippen molar-refractivity contribution >= 4 is 11.6 Å². The van der Waals surface area contributed by atoms with Crippen LogP contribution in [0, 0.1) is 11.6 Å². The van der Waals surface area contributed by atoms with Crippen molar-refractivity contribution in [2.24, 2.45) is 5.73 Å². The average Bonchev–Trinajstić information content (AvgIpc) is 2.89. The van der Waals surface area contributed by atoms with Crippen molar-refractivity contribution in [2.75, 3.05) is 11.4 Å². The summed E-state index contributed by atoms with van der Waals surface area (Å²) < 4.78 is 28.2. The van der Waals surface area contributed by atoms with Crippen molar-refractivity contribution in [2.45, 2.75) is 38.3 Å². The lowest BCUT2D eigenvalue weighted by atomic mass is 10.1. The number of halogens is 2. The summed E-state index contributed by atoms with van der Waals surface area (Å²) in [5.41, 5.74) is 5.12. The molecule has 1 fully saturated rings. The Hall–Kier alpha value is -1.69. The van der Waals surface area contributed by atoms with Crippen LogP contribution in [0.1, 0.15) is 31.2 Å². The molecule has 3 N–H and O–H groups in total. The molecule has 1 aliphatic rings. The van der Waals surface area contributed by atoms with Gasteiger partial charge < -0.3 is 15.7 Å². The smallest absolute Gasteiger partial charge is 0.236 e. The van der Waals surface area contributed by atoms with Gasteiger partial charge in [-0.05, 0) is 30.5 Å². The van der Waals surface area contributed by atoms with E-state index < -0.39 is 24.1 Å². The van der Waals surface area contributed by atoms with E-state index in [2.05, 4.69) is 0 Å². The summed E-state index contributed by atoms with van der Waals surface area (Å²) in [6.45, 7) is -0.648. The summed E-state index contributed by atoms with van der Waals surface area (Å²) >= 11 is 0. The van der Waals surface area contributed by atoms with Crippen molar-refractivity contribution in [1.82, 2.24) is 0 Å². The zero-order valence-electron chi connectivity index (χ0n) is 11.1. The molecule has 0 radical (unpaired) electrons. The zero-order chi connectivity index (χ0) is 14.7. The molecule has 1 aromatic carbocycles. The fraction of sp³-hybridized carbons (Fsp3) is 0.500. The van der Waals surface area contributed by atoms with Gasteiger partial charge in [-0.25, -0.2) is 8.78 Å². The molecule has 110 valence electrons.